The van der Waals surface area contributed by atoms with Crippen LogP contribution < -0.4 is 0 Å². The fourth-order valence-electron chi connectivity index (χ4n) is 4.31. The molecule has 23 heavy (non-hydrogen) atoms. The van der Waals surface area contributed by atoms with Gasteiger partial charge in [-0.05, 0) is 54.7 Å². The van der Waals surface area contributed by atoms with E-state index in [0.717, 1.165) is 25.0 Å². The van der Waals surface area contributed by atoms with Crippen molar-refractivity contribution in [1.82, 2.24) is 4.57 Å². The number of rotatable bonds is 4. The van der Waals surface area contributed by atoms with Crippen LogP contribution in [0.1, 0.15) is 48.6 Å². The summed E-state index contributed by atoms with van der Waals surface area (Å²) in [6.07, 6.45) is 5.94. The van der Waals surface area contributed by atoms with Gasteiger partial charge in [-0.3, -0.25) is 0 Å². The zero-order valence-electron chi connectivity index (χ0n) is 13.3. The predicted molar refractivity (Wildman–Crippen MR) is 93.1 cm³/mol. The van der Waals surface area contributed by atoms with Crippen molar-refractivity contribution in [3.63, 3.8) is 0 Å². The summed E-state index contributed by atoms with van der Waals surface area (Å²) in [6, 6.07) is 13.7. The summed E-state index contributed by atoms with van der Waals surface area (Å²) in [5.41, 5.74) is 6.24. The Morgan fingerprint density at radius 1 is 0.913 bits per heavy atom. The molecule has 1 aromatic heterocycles. The van der Waals surface area contributed by atoms with Gasteiger partial charge < -0.3 is 9.30 Å². The molecule has 0 bridgehead atoms. The van der Waals surface area contributed by atoms with Crippen molar-refractivity contribution in [2.45, 2.75) is 50.2 Å². The SMILES string of the molecule is c1ccc2c(c1)c1ccc(C3CC3)c(C3CC3)c1n2CC1CO1. The first-order chi connectivity index (χ1) is 11.4. The normalized spacial score (nSPS) is 23.7. The molecule has 0 N–H and O–H groups in total. The van der Waals surface area contributed by atoms with Gasteiger partial charge in [0.25, 0.3) is 0 Å². The summed E-state index contributed by atoms with van der Waals surface area (Å²) >= 11 is 0. The summed E-state index contributed by atoms with van der Waals surface area (Å²) in [7, 11) is 0. The fraction of sp³-hybridized carbons (Fsp3) is 0.429. The number of hydrogen-bond acceptors (Lipinski definition) is 1. The lowest BCUT2D eigenvalue weighted by Crippen LogP contribution is -2.06. The van der Waals surface area contributed by atoms with Crippen LogP contribution in [0.25, 0.3) is 21.8 Å². The van der Waals surface area contributed by atoms with Crippen LogP contribution in [-0.4, -0.2) is 17.3 Å². The number of epoxide rings is 1. The van der Waals surface area contributed by atoms with Crippen LogP contribution in [0.15, 0.2) is 36.4 Å². The molecule has 2 nitrogen and oxygen atoms in total. The maximum absolute atomic E-state index is 5.56. The summed E-state index contributed by atoms with van der Waals surface area (Å²) in [4.78, 5) is 0. The minimum atomic E-state index is 0.422. The molecule has 1 unspecified atom stereocenters. The molecule has 0 radical (unpaired) electrons. The third-order valence-electron chi connectivity index (χ3n) is 5.80. The molecule has 3 aliphatic rings. The van der Waals surface area contributed by atoms with Gasteiger partial charge in [-0.25, -0.2) is 0 Å². The molecule has 0 spiro atoms. The Morgan fingerprint density at radius 3 is 2.43 bits per heavy atom. The number of fused-ring (bicyclic) bond motifs is 3. The van der Waals surface area contributed by atoms with E-state index in [-0.39, 0.29) is 0 Å². The number of benzene rings is 2. The Labute approximate surface area is 136 Å². The van der Waals surface area contributed by atoms with Gasteiger partial charge in [-0.2, -0.15) is 0 Å². The lowest BCUT2D eigenvalue weighted by atomic mass is 9.96. The minimum Gasteiger partial charge on any atom is -0.371 e. The van der Waals surface area contributed by atoms with Crippen molar-refractivity contribution in [1.29, 1.82) is 0 Å². The summed E-state index contributed by atoms with van der Waals surface area (Å²) < 4.78 is 8.14. The molecule has 2 aliphatic carbocycles. The Morgan fingerprint density at radius 2 is 1.70 bits per heavy atom. The number of ether oxygens (including phenoxy) is 1. The molecule has 1 saturated heterocycles. The van der Waals surface area contributed by atoms with Crippen LogP contribution in [-0.2, 0) is 11.3 Å². The Hall–Kier alpha value is -1.80. The zero-order valence-corrected chi connectivity index (χ0v) is 13.3. The van der Waals surface area contributed by atoms with Gasteiger partial charge in [-0.15, -0.1) is 0 Å². The van der Waals surface area contributed by atoms with Crippen molar-refractivity contribution >= 4 is 21.8 Å². The Bertz CT molecular complexity index is 926. The van der Waals surface area contributed by atoms with E-state index in [1.165, 1.54) is 47.5 Å². The topological polar surface area (TPSA) is 17.5 Å². The third-order valence-corrected chi connectivity index (χ3v) is 5.80. The minimum absolute atomic E-state index is 0.422. The lowest BCUT2D eigenvalue weighted by molar-refractivity contribution is 0.387. The molecule has 6 rings (SSSR count). The summed E-state index contributed by atoms with van der Waals surface area (Å²) in [5.74, 6) is 1.64. The lowest BCUT2D eigenvalue weighted by Gasteiger charge is -2.14. The van der Waals surface area contributed by atoms with Crippen molar-refractivity contribution < 1.29 is 4.74 Å². The van der Waals surface area contributed by atoms with E-state index >= 15 is 0 Å². The second-order valence-corrected chi connectivity index (χ2v) is 7.60. The average Bonchev–Trinajstić information content (AvgIpc) is 3.46. The van der Waals surface area contributed by atoms with E-state index in [0.29, 0.717) is 6.10 Å². The third kappa shape index (κ3) is 1.91. The quantitative estimate of drug-likeness (QED) is 0.624. The Balaban J connectivity index is 1.73. The highest BCUT2D eigenvalue weighted by Gasteiger charge is 2.36. The second-order valence-electron chi connectivity index (χ2n) is 7.60. The number of nitrogens with zero attached hydrogens (tertiary/aromatic N) is 1. The highest BCUT2D eigenvalue weighted by Crippen LogP contribution is 2.52. The molecule has 0 amide bonds. The number of para-hydroxylation sites is 1. The van der Waals surface area contributed by atoms with Crippen LogP contribution in [0.3, 0.4) is 0 Å². The molecular weight excluding hydrogens is 282 g/mol. The van der Waals surface area contributed by atoms with Gasteiger partial charge in [0.05, 0.1) is 24.8 Å². The molecule has 3 fully saturated rings. The molecular formula is C21H21NO. The maximum Gasteiger partial charge on any atom is 0.0988 e. The van der Waals surface area contributed by atoms with Crippen LogP contribution in [0, 0.1) is 0 Å². The van der Waals surface area contributed by atoms with Crippen molar-refractivity contribution in [2.75, 3.05) is 6.61 Å². The van der Waals surface area contributed by atoms with Gasteiger partial charge in [0.2, 0.25) is 0 Å². The smallest absolute Gasteiger partial charge is 0.0988 e. The highest BCUT2D eigenvalue weighted by molar-refractivity contribution is 6.09. The van der Waals surface area contributed by atoms with E-state index in [2.05, 4.69) is 41.0 Å². The van der Waals surface area contributed by atoms with Crippen LogP contribution in [0.4, 0.5) is 0 Å². The molecule has 2 aromatic carbocycles. The molecule has 2 saturated carbocycles. The van der Waals surface area contributed by atoms with Crippen LogP contribution in [0.5, 0.6) is 0 Å². The molecule has 2 heterocycles. The predicted octanol–water partition coefficient (Wildman–Crippen LogP) is 4.95. The van der Waals surface area contributed by atoms with Crippen LogP contribution in [0.2, 0.25) is 0 Å². The standard InChI is InChI=1S/C21H21NO/c1-2-4-19-17(3-1)18-10-9-16(13-5-6-13)20(14-7-8-14)21(18)22(19)11-15-12-23-15/h1-4,9-10,13-15H,5-8,11-12H2. The molecule has 116 valence electrons. The fourth-order valence-corrected chi connectivity index (χ4v) is 4.31. The largest absolute Gasteiger partial charge is 0.371 e. The van der Waals surface area contributed by atoms with Crippen molar-refractivity contribution in [3.8, 4) is 0 Å². The monoisotopic (exact) mass is 303 g/mol. The first-order valence-electron chi connectivity index (χ1n) is 9.05. The first kappa shape index (κ1) is 12.6. The van der Waals surface area contributed by atoms with Crippen molar-refractivity contribution in [3.05, 3.63) is 47.5 Å². The van der Waals surface area contributed by atoms with E-state index in [1.54, 1.807) is 11.1 Å². The highest BCUT2D eigenvalue weighted by atomic mass is 16.6. The Kier molecular flexibility index (Phi) is 2.40. The van der Waals surface area contributed by atoms with Gasteiger partial charge in [0.1, 0.15) is 0 Å². The molecule has 1 aliphatic heterocycles. The first-order valence-corrected chi connectivity index (χ1v) is 9.05. The molecule has 1 atom stereocenters. The maximum atomic E-state index is 5.56. The molecule has 3 aromatic rings. The van der Waals surface area contributed by atoms with Gasteiger partial charge in [0.15, 0.2) is 0 Å². The zero-order chi connectivity index (χ0) is 15.0. The van der Waals surface area contributed by atoms with E-state index < -0.39 is 0 Å². The summed E-state index contributed by atoms with van der Waals surface area (Å²) in [6.45, 7) is 1.94. The molecule has 2 heteroatoms. The average molecular weight is 303 g/mol. The van der Waals surface area contributed by atoms with Gasteiger partial charge in [0, 0.05) is 16.3 Å². The number of hydrogen-bond donors (Lipinski definition) is 0. The van der Waals surface area contributed by atoms with E-state index in [9.17, 15) is 0 Å². The number of aromatic nitrogens is 1. The second kappa shape index (κ2) is 4.39. The van der Waals surface area contributed by atoms with Gasteiger partial charge in [-0.1, -0.05) is 30.3 Å². The van der Waals surface area contributed by atoms with E-state index in [4.69, 9.17) is 4.74 Å². The van der Waals surface area contributed by atoms with Gasteiger partial charge >= 0.3 is 0 Å². The summed E-state index contributed by atoms with van der Waals surface area (Å²) in [5, 5.41) is 2.86. The van der Waals surface area contributed by atoms with E-state index in [1.807, 2.05) is 0 Å². The van der Waals surface area contributed by atoms with Crippen molar-refractivity contribution in [2.24, 2.45) is 0 Å². The van der Waals surface area contributed by atoms with Crippen LogP contribution >= 0.6 is 0 Å².